The van der Waals surface area contributed by atoms with Crippen LogP contribution in [0.4, 0.5) is 0 Å². The number of imidazole rings is 1. The molecule has 4 heteroatoms. The largest absolute Gasteiger partial charge is 0.300 e. The van der Waals surface area contributed by atoms with Crippen LogP contribution in [0.5, 0.6) is 0 Å². The second-order valence-corrected chi connectivity index (χ2v) is 5.48. The highest BCUT2D eigenvalue weighted by Crippen LogP contribution is 2.24. The monoisotopic (exact) mass is 288 g/mol. The summed E-state index contributed by atoms with van der Waals surface area (Å²) >= 11 is 0. The predicted octanol–water partition coefficient (Wildman–Crippen LogP) is 3.80. The number of pyridine rings is 1. The maximum Gasteiger partial charge on any atom is 0.140 e. The van der Waals surface area contributed by atoms with Crippen molar-refractivity contribution in [1.29, 1.82) is 0 Å². The lowest BCUT2D eigenvalue weighted by molar-refractivity contribution is 0.966. The molecule has 4 rings (SSSR count). The Kier molecular flexibility index (Phi) is 2.82. The molecule has 0 amide bonds. The van der Waals surface area contributed by atoms with Crippen LogP contribution in [0, 0.1) is 13.8 Å². The van der Waals surface area contributed by atoms with E-state index in [9.17, 15) is 0 Å². The number of aryl methyl sites for hydroxylation is 2. The molecule has 3 heterocycles. The van der Waals surface area contributed by atoms with Gasteiger partial charge in [-0.2, -0.15) is 5.10 Å². The van der Waals surface area contributed by atoms with Crippen molar-refractivity contribution in [3.8, 4) is 16.9 Å². The Morgan fingerprint density at radius 3 is 2.50 bits per heavy atom. The normalized spacial score (nSPS) is 11.2. The lowest BCUT2D eigenvalue weighted by Crippen LogP contribution is -1.98. The van der Waals surface area contributed by atoms with Crippen molar-refractivity contribution in [3.05, 3.63) is 72.3 Å². The van der Waals surface area contributed by atoms with Gasteiger partial charge in [-0.25, -0.2) is 4.52 Å². The van der Waals surface area contributed by atoms with Gasteiger partial charge in [0, 0.05) is 36.4 Å². The lowest BCUT2D eigenvalue weighted by Gasteiger charge is -2.10. The van der Waals surface area contributed by atoms with Gasteiger partial charge in [0.2, 0.25) is 0 Å². The summed E-state index contributed by atoms with van der Waals surface area (Å²) < 4.78 is 4.10. The standard InChI is InChI=1S/C18H16N4/c1-13-5-3-6-14(2)18(13)21-9-10-22-17(21)11-16(20-22)15-7-4-8-19-12-15/h3-12H,1-2H3. The fraction of sp³-hybridized carbons (Fsp3) is 0.111. The molecule has 0 bridgehead atoms. The number of benzene rings is 1. The number of aromatic nitrogens is 4. The Morgan fingerprint density at radius 2 is 1.77 bits per heavy atom. The fourth-order valence-corrected chi connectivity index (χ4v) is 2.91. The molecule has 3 aromatic heterocycles. The lowest BCUT2D eigenvalue weighted by atomic mass is 10.1. The van der Waals surface area contributed by atoms with E-state index in [2.05, 4.69) is 59.0 Å². The van der Waals surface area contributed by atoms with E-state index < -0.39 is 0 Å². The molecule has 0 N–H and O–H groups in total. The van der Waals surface area contributed by atoms with Crippen LogP contribution in [0.3, 0.4) is 0 Å². The zero-order valence-electron chi connectivity index (χ0n) is 12.6. The predicted molar refractivity (Wildman–Crippen MR) is 87.2 cm³/mol. The summed E-state index contributed by atoms with van der Waals surface area (Å²) in [5.74, 6) is 0. The molecule has 0 aliphatic rings. The zero-order valence-corrected chi connectivity index (χ0v) is 12.6. The molecule has 0 unspecified atom stereocenters. The molecule has 0 fully saturated rings. The van der Waals surface area contributed by atoms with E-state index in [0.29, 0.717) is 0 Å². The minimum absolute atomic E-state index is 0.934. The van der Waals surface area contributed by atoms with Gasteiger partial charge in [-0.15, -0.1) is 0 Å². The van der Waals surface area contributed by atoms with E-state index in [1.54, 1.807) is 6.20 Å². The van der Waals surface area contributed by atoms with Crippen LogP contribution in [0.2, 0.25) is 0 Å². The molecule has 0 saturated heterocycles. The summed E-state index contributed by atoms with van der Waals surface area (Å²) in [6.07, 6.45) is 7.66. The molecule has 0 radical (unpaired) electrons. The Labute approximate surface area is 128 Å². The summed E-state index contributed by atoms with van der Waals surface area (Å²) in [5, 5.41) is 4.64. The number of fused-ring (bicyclic) bond motifs is 1. The van der Waals surface area contributed by atoms with Crippen LogP contribution in [0.15, 0.2) is 61.2 Å². The van der Waals surface area contributed by atoms with E-state index in [-0.39, 0.29) is 0 Å². The first kappa shape index (κ1) is 12.8. The molecular formula is C18H16N4. The maximum atomic E-state index is 4.64. The third kappa shape index (κ3) is 1.92. The van der Waals surface area contributed by atoms with Gasteiger partial charge in [0.25, 0.3) is 0 Å². The zero-order chi connectivity index (χ0) is 15.1. The SMILES string of the molecule is Cc1cccc(C)c1-n1ccn2nc(-c3cccnc3)cc12. The molecule has 0 aliphatic heterocycles. The third-order valence-electron chi connectivity index (χ3n) is 3.96. The minimum atomic E-state index is 0.934. The average molecular weight is 288 g/mol. The number of hydrogen-bond donors (Lipinski definition) is 0. The van der Waals surface area contributed by atoms with Gasteiger partial charge in [-0.3, -0.25) is 9.55 Å². The molecule has 1 aromatic carbocycles. The van der Waals surface area contributed by atoms with Crippen molar-refractivity contribution in [1.82, 2.24) is 19.2 Å². The number of para-hydroxylation sites is 1. The highest BCUT2D eigenvalue weighted by atomic mass is 15.3. The van der Waals surface area contributed by atoms with Crippen molar-refractivity contribution in [2.24, 2.45) is 0 Å². The molecule has 4 nitrogen and oxygen atoms in total. The maximum absolute atomic E-state index is 4.64. The van der Waals surface area contributed by atoms with Gasteiger partial charge in [0.1, 0.15) is 5.65 Å². The Balaban J connectivity index is 1.92. The van der Waals surface area contributed by atoms with Crippen LogP contribution in [-0.2, 0) is 0 Å². The van der Waals surface area contributed by atoms with Crippen molar-refractivity contribution < 1.29 is 0 Å². The highest BCUT2D eigenvalue weighted by Gasteiger charge is 2.12. The van der Waals surface area contributed by atoms with Crippen molar-refractivity contribution in [2.75, 3.05) is 0 Å². The van der Waals surface area contributed by atoms with Crippen LogP contribution < -0.4 is 0 Å². The van der Waals surface area contributed by atoms with Crippen LogP contribution in [0.1, 0.15) is 11.1 Å². The van der Waals surface area contributed by atoms with Crippen molar-refractivity contribution >= 4 is 5.65 Å². The molecular weight excluding hydrogens is 272 g/mol. The Bertz CT molecular complexity index is 928. The molecule has 4 aromatic rings. The van der Waals surface area contributed by atoms with Crippen LogP contribution in [0.25, 0.3) is 22.6 Å². The first-order valence-electron chi connectivity index (χ1n) is 7.28. The summed E-state index contributed by atoms with van der Waals surface area (Å²) in [7, 11) is 0. The molecule has 0 atom stereocenters. The highest BCUT2D eigenvalue weighted by molar-refractivity contribution is 5.66. The van der Waals surface area contributed by atoms with Gasteiger partial charge < -0.3 is 0 Å². The Morgan fingerprint density at radius 1 is 0.955 bits per heavy atom. The minimum Gasteiger partial charge on any atom is -0.300 e. The van der Waals surface area contributed by atoms with Crippen molar-refractivity contribution in [2.45, 2.75) is 13.8 Å². The van der Waals surface area contributed by atoms with Gasteiger partial charge in [-0.1, -0.05) is 18.2 Å². The van der Waals surface area contributed by atoms with Gasteiger partial charge >= 0.3 is 0 Å². The summed E-state index contributed by atoms with van der Waals surface area (Å²) in [5.41, 5.74) is 6.73. The van der Waals surface area contributed by atoms with Gasteiger partial charge in [0.15, 0.2) is 0 Å². The summed E-state index contributed by atoms with van der Waals surface area (Å²) in [6, 6.07) is 12.4. The fourth-order valence-electron chi connectivity index (χ4n) is 2.91. The number of rotatable bonds is 2. The second kappa shape index (κ2) is 4.84. The summed E-state index contributed by atoms with van der Waals surface area (Å²) in [6.45, 7) is 4.27. The number of nitrogens with zero attached hydrogens (tertiary/aromatic N) is 4. The molecule has 22 heavy (non-hydrogen) atoms. The quantitative estimate of drug-likeness (QED) is 0.562. The molecule has 0 spiro atoms. The van der Waals surface area contributed by atoms with E-state index in [1.165, 1.54) is 16.8 Å². The molecule has 0 saturated carbocycles. The number of hydrogen-bond acceptors (Lipinski definition) is 2. The molecule has 0 aliphatic carbocycles. The molecule has 108 valence electrons. The van der Waals surface area contributed by atoms with Crippen LogP contribution >= 0.6 is 0 Å². The second-order valence-electron chi connectivity index (χ2n) is 5.48. The average Bonchev–Trinajstić information content (AvgIpc) is 3.10. The van der Waals surface area contributed by atoms with E-state index >= 15 is 0 Å². The van der Waals surface area contributed by atoms with E-state index in [4.69, 9.17) is 0 Å². The topological polar surface area (TPSA) is 35.1 Å². The van der Waals surface area contributed by atoms with E-state index in [1.807, 2.05) is 29.0 Å². The van der Waals surface area contributed by atoms with Gasteiger partial charge in [-0.05, 0) is 37.1 Å². The smallest absolute Gasteiger partial charge is 0.140 e. The van der Waals surface area contributed by atoms with Crippen molar-refractivity contribution in [3.63, 3.8) is 0 Å². The first-order valence-corrected chi connectivity index (χ1v) is 7.28. The summed E-state index contributed by atoms with van der Waals surface area (Å²) in [4.78, 5) is 4.17. The Hall–Kier alpha value is -2.88. The van der Waals surface area contributed by atoms with E-state index in [0.717, 1.165) is 16.9 Å². The third-order valence-corrected chi connectivity index (χ3v) is 3.96. The first-order chi connectivity index (χ1) is 10.7. The van der Waals surface area contributed by atoms with Gasteiger partial charge in [0.05, 0.1) is 11.4 Å². The van der Waals surface area contributed by atoms with Crippen LogP contribution in [-0.4, -0.2) is 19.2 Å².